The number of methoxy groups -OCH3 is 1. The van der Waals surface area contributed by atoms with Crippen LogP contribution in [0.3, 0.4) is 0 Å². The molecule has 0 heterocycles. The van der Waals surface area contributed by atoms with E-state index in [-0.39, 0.29) is 6.61 Å². The predicted molar refractivity (Wildman–Crippen MR) is 78.9 cm³/mol. The Balaban J connectivity index is 2.75. The summed E-state index contributed by atoms with van der Waals surface area (Å²) >= 11 is 1.47. The first-order chi connectivity index (χ1) is 9.56. The van der Waals surface area contributed by atoms with Crippen LogP contribution in [0.5, 0.6) is 5.75 Å². The van der Waals surface area contributed by atoms with Gasteiger partial charge in [-0.2, -0.15) is 11.8 Å². The third kappa shape index (κ3) is 5.64. The SMILES string of the molecule is COc1ccc(C=CC(=O)O)cc1CSCC(O)CO. The van der Waals surface area contributed by atoms with Crippen LogP contribution in [0.2, 0.25) is 0 Å². The number of thioether (sulfide) groups is 1. The maximum absolute atomic E-state index is 10.5. The molecule has 0 amide bonds. The summed E-state index contributed by atoms with van der Waals surface area (Å²) in [5.41, 5.74) is 1.68. The standard InChI is InChI=1S/C14H18O5S/c1-19-13-4-2-10(3-5-14(17)18)6-11(13)8-20-9-12(16)7-15/h2-6,12,15-16H,7-9H2,1H3,(H,17,18). The highest BCUT2D eigenvalue weighted by Crippen LogP contribution is 2.25. The van der Waals surface area contributed by atoms with Crippen molar-refractivity contribution in [1.29, 1.82) is 0 Å². The van der Waals surface area contributed by atoms with Crippen molar-refractivity contribution in [3.8, 4) is 5.75 Å². The molecule has 0 aromatic heterocycles. The van der Waals surface area contributed by atoms with Crippen LogP contribution in [0.1, 0.15) is 11.1 Å². The normalized spacial score (nSPS) is 12.6. The average molecular weight is 298 g/mol. The number of aliphatic hydroxyl groups is 2. The molecule has 0 aliphatic carbocycles. The van der Waals surface area contributed by atoms with Gasteiger partial charge in [0.05, 0.1) is 19.8 Å². The predicted octanol–water partition coefficient (Wildman–Crippen LogP) is 1.38. The molecular formula is C14H18O5S. The highest BCUT2D eigenvalue weighted by Gasteiger charge is 2.07. The number of carboxylic acid groups (broad SMARTS) is 1. The van der Waals surface area contributed by atoms with Gasteiger partial charge in [-0.1, -0.05) is 6.07 Å². The van der Waals surface area contributed by atoms with Crippen molar-refractivity contribution in [2.75, 3.05) is 19.5 Å². The number of carboxylic acids is 1. The zero-order chi connectivity index (χ0) is 15.0. The zero-order valence-electron chi connectivity index (χ0n) is 11.2. The highest BCUT2D eigenvalue weighted by atomic mass is 32.2. The Hall–Kier alpha value is -1.50. The van der Waals surface area contributed by atoms with E-state index in [0.29, 0.717) is 17.3 Å². The Morgan fingerprint density at radius 2 is 2.25 bits per heavy atom. The molecule has 6 heteroatoms. The topological polar surface area (TPSA) is 87.0 Å². The first-order valence-corrected chi connectivity index (χ1v) is 7.17. The van der Waals surface area contributed by atoms with Crippen LogP contribution in [-0.2, 0) is 10.5 Å². The van der Waals surface area contributed by atoms with E-state index < -0.39 is 12.1 Å². The van der Waals surface area contributed by atoms with Crippen LogP contribution in [0.4, 0.5) is 0 Å². The number of hydrogen-bond donors (Lipinski definition) is 3. The van der Waals surface area contributed by atoms with Gasteiger partial charge in [0.25, 0.3) is 0 Å². The van der Waals surface area contributed by atoms with Gasteiger partial charge in [-0.15, -0.1) is 0 Å². The largest absolute Gasteiger partial charge is 0.496 e. The number of ether oxygens (including phenoxy) is 1. The van der Waals surface area contributed by atoms with E-state index in [1.54, 1.807) is 19.2 Å². The van der Waals surface area contributed by atoms with Crippen LogP contribution in [0.15, 0.2) is 24.3 Å². The summed E-state index contributed by atoms with van der Waals surface area (Å²) in [5.74, 6) is 0.746. The second kappa shape index (κ2) is 8.63. The monoisotopic (exact) mass is 298 g/mol. The van der Waals surface area contributed by atoms with Crippen molar-refractivity contribution in [3.63, 3.8) is 0 Å². The molecule has 20 heavy (non-hydrogen) atoms. The number of aliphatic hydroxyl groups excluding tert-OH is 2. The minimum Gasteiger partial charge on any atom is -0.496 e. The van der Waals surface area contributed by atoms with Gasteiger partial charge in [0.2, 0.25) is 0 Å². The lowest BCUT2D eigenvalue weighted by Gasteiger charge is -2.11. The van der Waals surface area contributed by atoms with Gasteiger partial charge in [0.1, 0.15) is 5.75 Å². The molecule has 1 rings (SSSR count). The minimum absolute atomic E-state index is 0.258. The average Bonchev–Trinajstić information content (AvgIpc) is 2.45. The second-order valence-electron chi connectivity index (χ2n) is 4.09. The fraction of sp³-hybridized carbons (Fsp3) is 0.357. The lowest BCUT2D eigenvalue weighted by Crippen LogP contribution is -2.14. The molecule has 1 unspecified atom stereocenters. The Kier molecular flexibility index (Phi) is 7.14. The molecule has 0 radical (unpaired) electrons. The maximum atomic E-state index is 10.5. The van der Waals surface area contributed by atoms with Crippen molar-refractivity contribution in [2.24, 2.45) is 0 Å². The number of carbonyl (C=O) groups is 1. The van der Waals surface area contributed by atoms with Gasteiger partial charge in [-0.05, 0) is 23.8 Å². The van der Waals surface area contributed by atoms with Crippen LogP contribution in [-0.4, -0.2) is 46.9 Å². The van der Waals surface area contributed by atoms with E-state index in [0.717, 1.165) is 17.2 Å². The summed E-state index contributed by atoms with van der Waals surface area (Å²) in [5, 5.41) is 26.6. The third-order valence-electron chi connectivity index (χ3n) is 2.50. The molecule has 0 saturated carbocycles. The first kappa shape index (κ1) is 16.6. The molecule has 0 fully saturated rings. The molecule has 0 spiro atoms. The van der Waals surface area contributed by atoms with Gasteiger partial charge in [-0.25, -0.2) is 4.79 Å². The fourth-order valence-electron chi connectivity index (χ4n) is 1.54. The summed E-state index contributed by atoms with van der Waals surface area (Å²) in [6.45, 7) is -0.258. The Morgan fingerprint density at radius 1 is 1.50 bits per heavy atom. The van der Waals surface area contributed by atoms with Crippen molar-refractivity contribution < 1.29 is 24.9 Å². The quantitative estimate of drug-likeness (QED) is 0.629. The van der Waals surface area contributed by atoms with Crippen molar-refractivity contribution in [2.45, 2.75) is 11.9 Å². The van der Waals surface area contributed by atoms with Crippen LogP contribution in [0.25, 0.3) is 6.08 Å². The number of hydrogen-bond acceptors (Lipinski definition) is 5. The summed E-state index contributed by atoms with van der Waals surface area (Å²) in [4.78, 5) is 10.5. The van der Waals surface area contributed by atoms with E-state index in [9.17, 15) is 9.90 Å². The second-order valence-corrected chi connectivity index (χ2v) is 5.12. The molecule has 0 bridgehead atoms. The smallest absolute Gasteiger partial charge is 0.328 e. The number of benzene rings is 1. The summed E-state index contributed by atoms with van der Waals surface area (Å²) in [6, 6.07) is 5.39. The first-order valence-electron chi connectivity index (χ1n) is 6.01. The van der Waals surface area contributed by atoms with Crippen molar-refractivity contribution >= 4 is 23.8 Å². The zero-order valence-corrected chi connectivity index (χ0v) is 12.0. The summed E-state index contributed by atoms with van der Waals surface area (Å²) < 4.78 is 5.24. The van der Waals surface area contributed by atoms with Gasteiger partial charge in [-0.3, -0.25) is 0 Å². The molecule has 1 atom stereocenters. The minimum atomic E-state index is -0.997. The lowest BCUT2D eigenvalue weighted by atomic mass is 10.1. The molecular weight excluding hydrogens is 280 g/mol. The van der Waals surface area contributed by atoms with E-state index in [4.69, 9.17) is 14.9 Å². The maximum Gasteiger partial charge on any atom is 0.328 e. The molecule has 1 aromatic rings. The van der Waals surface area contributed by atoms with Crippen LogP contribution >= 0.6 is 11.8 Å². The highest BCUT2D eigenvalue weighted by molar-refractivity contribution is 7.98. The molecule has 110 valence electrons. The summed E-state index contributed by atoms with van der Waals surface area (Å²) in [6.07, 6.45) is 1.85. The van der Waals surface area contributed by atoms with Crippen LogP contribution < -0.4 is 4.74 Å². The van der Waals surface area contributed by atoms with Gasteiger partial charge in [0.15, 0.2) is 0 Å². The van der Waals surface area contributed by atoms with E-state index in [2.05, 4.69) is 0 Å². The molecule has 0 aliphatic rings. The lowest BCUT2D eigenvalue weighted by molar-refractivity contribution is -0.131. The van der Waals surface area contributed by atoms with E-state index in [1.807, 2.05) is 6.07 Å². The fourth-order valence-corrected chi connectivity index (χ4v) is 2.48. The Bertz CT molecular complexity index is 473. The molecule has 3 N–H and O–H groups in total. The van der Waals surface area contributed by atoms with Crippen LogP contribution in [0, 0.1) is 0 Å². The van der Waals surface area contributed by atoms with Gasteiger partial charge < -0.3 is 20.1 Å². The van der Waals surface area contributed by atoms with Gasteiger partial charge >= 0.3 is 5.97 Å². The van der Waals surface area contributed by atoms with Crippen molar-refractivity contribution in [3.05, 3.63) is 35.4 Å². The Morgan fingerprint density at radius 3 is 2.85 bits per heavy atom. The summed E-state index contributed by atoms with van der Waals surface area (Å²) in [7, 11) is 1.57. The number of rotatable bonds is 8. The van der Waals surface area contributed by atoms with E-state index >= 15 is 0 Å². The van der Waals surface area contributed by atoms with Gasteiger partial charge in [0, 0.05) is 23.1 Å². The molecule has 5 nitrogen and oxygen atoms in total. The number of aliphatic carboxylic acids is 1. The Labute approximate surface area is 121 Å². The molecule has 1 aromatic carbocycles. The van der Waals surface area contributed by atoms with Crippen molar-refractivity contribution in [1.82, 2.24) is 0 Å². The van der Waals surface area contributed by atoms with E-state index in [1.165, 1.54) is 17.8 Å². The molecule has 0 saturated heterocycles. The third-order valence-corrected chi connectivity index (χ3v) is 3.64. The molecule has 0 aliphatic heterocycles.